The quantitative estimate of drug-likeness (QED) is 0.496. The highest BCUT2D eigenvalue weighted by molar-refractivity contribution is 7.22. The van der Waals surface area contributed by atoms with E-state index in [9.17, 15) is 4.79 Å². The van der Waals surface area contributed by atoms with E-state index in [4.69, 9.17) is 4.74 Å². The third-order valence-electron chi connectivity index (χ3n) is 4.18. The van der Waals surface area contributed by atoms with Crippen molar-refractivity contribution < 1.29 is 9.53 Å². The van der Waals surface area contributed by atoms with E-state index in [0.717, 1.165) is 27.4 Å². The second-order valence-corrected chi connectivity index (χ2v) is 7.49. The molecule has 6 heteroatoms. The van der Waals surface area contributed by atoms with Crippen LogP contribution in [-0.4, -0.2) is 25.0 Å². The Hall–Kier alpha value is -3.38. The molecule has 5 nitrogen and oxygen atoms in total. The normalized spacial score (nSPS) is 10.6. The van der Waals surface area contributed by atoms with Crippen LogP contribution in [0.4, 0.5) is 10.8 Å². The molecule has 0 aliphatic heterocycles. The van der Waals surface area contributed by atoms with Crippen molar-refractivity contribution >= 4 is 38.3 Å². The maximum absolute atomic E-state index is 12.6. The van der Waals surface area contributed by atoms with Crippen molar-refractivity contribution in [3.8, 4) is 11.5 Å². The van der Waals surface area contributed by atoms with E-state index < -0.39 is 0 Å². The van der Waals surface area contributed by atoms with Gasteiger partial charge >= 0.3 is 0 Å². The molecule has 1 aromatic heterocycles. The maximum atomic E-state index is 12.6. The summed E-state index contributed by atoms with van der Waals surface area (Å²) in [6.45, 7) is 0. The van der Waals surface area contributed by atoms with Crippen LogP contribution in [0.2, 0.25) is 0 Å². The van der Waals surface area contributed by atoms with Crippen LogP contribution < -0.4 is 15.0 Å². The fraction of sp³-hybridized carbons (Fsp3) is 0.0909. The van der Waals surface area contributed by atoms with Crippen LogP contribution >= 0.6 is 11.3 Å². The summed E-state index contributed by atoms with van der Waals surface area (Å²) in [5.41, 5.74) is 2.39. The molecule has 0 aliphatic carbocycles. The smallest absolute Gasteiger partial charge is 0.257 e. The Kier molecular flexibility index (Phi) is 4.95. The monoisotopic (exact) mass is 389 g/mol. The molecule has 0 aliphatic rings. The standard InChI is InChI=1S/C22H19N3O2S/c1-25(2)16-8-6-7-15(13-16)21(26)24-22-23-19-12-11-18(14-20(19)28-22)27-17-9-4-3-5-10-17/h3-14H,1-2H3,(H,23,24,26). The van der Waals surface area contributed by atoms with E-state index in [1.54, 1.807) is 6.07 Å². The van der Waals surface area contributed by atoms with Crippen LogP contribution in [0.3, 0.4) is 0 Å². The van der Waals surface area contributed by atoms with Crippen molar-refractivity contribution in [3.63, 3.8) is 0 Å². The van der Waals surface area contributed by atoms with Crippen LogP contribution in [0.25, 0.3) is 10.2 Å². The first-order chi connectivity index (χ1) is 13.6. The minimum atomic E-state index is -0.177. The predicted molar refractivity (Wildman–Crippen MR) is 115 cm³/mol. The number of ether oxygens (including phenoxy) is 1. The van der Waals surface area contributed by atoms with Crippen molar-refractivity contribution in [1.29, 1.82) is 0 Å². The van der Waals surface area contributed by atoms with Gasteiger partial charge < -0.3 is 9.64 Å². The zero-order valence-corrected chi connectivity index (χ0v) is 16.4. The third-order valence-corrected chi connectivity index (χ3v) is 5.12. The van der Waals surface area contributed by atoms with Crippen LogP contribution in [-0.2, 0) is 0 Å². The van der Waals surface area contributed by atoms with Gasteiger partial charge in [0.1, 0.15) is 11.5 Å². The number of thiazole rings is 1. The van der Waals surface area contributed by atoms with Crippen LogP contribution in [0.5, 0.6) is 11.5 Å². The van der Waals surface area contributed by atoms with Crippen LogP contribution in [0.15, 0.2) is 72.8 Å². The number of para-hydroxylation sites is 1. The highest BCUT2D eigenvalue weighted by Gasteiger charge is 2.12. The van der Waals surface area contributed by atoms with Gasteiger partial charge in [0.05, 0.1) is 10.2 Å². The lowest BCUT2D eigenvalue weighted by Crippen LogP contribution is -2.14. The van der Waals surface area contributed by atoms with Gasteiger partial charge in [-0.05, 0) is 42.5 Å². The summed E-state index contributed by atoms with van der Waals surface area (Å²) < 4.78 is 6.82. The predicted octanol–water partition coefficient (Wildman–Crippen LogP) is 5.41. The van der Waals surface area contributed by atoms with Crippen molar-refractivity contribution in [2.75, 3.05) is 24.3 Å². The number of hydrogen-bond donors (Lipinski definition) is 1. The summed E-state index contributed by atoms with van der Waals surface area (Å²) in [5.74, 6) is 1.34. The number of nitrogens with one attached hydrogen (secondary N) is 1. The second-order valence-electron chi connectivity index (χ2n) is 6.46. The average molecular weight is 389 g/mol. The summed E-state index contributed by atoms with van der Waals surface area (Å²) in [6.07, 6.45) is 0. The van der Waals surface area contributed by atoms with Crippen molar-refractivity contribution in [2.45, 2.75) is 0 Å². The Labute approximate surface area is 167 Å². The molecule has 0 atom stereocenters. The second kappa shape index (κ2) is 7.70. The molecule has 0 radical (unpaired) electrons. The van der Waals surface area contributed by atoms with Crippen LogP contribution in [0.1, 0.15) is 10.4 Å². The highest BCUT2D eigenvalue weighted by atomic mass is 32.1. The molecule has 0 unspecified atom stereocenters. The first-order valence-corrected chi connectivity index (χ1v) is 9.62. The molecular weight excluding hydrogens is 370 g/mol. The fourth-order valence-electron chi connectivity index (χ4n) is 2.74. The molecular formula is C22H19N3O2S. The molecule has 28 heavy (non-hydrogen) atoms. The number of nitrogens with zero attached hydrogens (tertiary/aromatic N) is 2. The van der Waals surface area contributed by atoms with Crippen LogP contribution in [0, 0.1) is 0 Å². The molecule has 4 aromatic rings. The zero-order valence-electron chi connectivity index (χ0n) is 15.5. The SMILES string of the molecule is CN(C)c1cccc(C(=O)Nc2nc3ccc(Oc4ccccc4)cc3s2)c1. The van der Waals surface area contributed by atoms with E-state index in [2.05, 4.69) is 10.3 Å². The third kappa shape index (κ3) is 3.97. The molecule has 0 bridgehead atoms. The summed E-state index contributed by atoms with van der Waals surface area (Å²) in [5, 5.41) is 3.45. The molecule has 4 rings (SSSR count). The number of amides is 1. The summed E-state index contributed by atoms with van der Waals surface area (Å²) in [6, 6.07) is 22.8. The number of fused-ring (bicyclic) bond motifs is 1. The number of benzene rings is 3. The van der Waals surface area contributed by atoms with Crippen molar-refractivity contribution in [2.24, 2.45) is 0 Å². The Morgan fingerprint density at radius 2 is 1.79 bits per heavy atom. The molecule has 1 N–H and O–H groups in total. The average Bonchev–Trinajstić information content (AvgIpc) is 3.10. The molecule has 0 spiro atoms. The Balaban J connectivity index is 1.53. The van der Waals surface area contributed by atoms with Gasteiger partial charge in [-0.2, -0.15) is 0 Å². The molecule has 0 saturated carbocycles. The van der Waals surface area contributed by atoms with Gasteiger partial charge in [0.15, 0.2) is 5.13 Å². The lowest BCUT2D eigenvalue weighted by atomic mass is 10.2. The first-order valence-electron chi connectivity index (χ1n) is 8.81. The number of anilines is 2. The number of carbonyl (C=O) groups is 1. The highest BCUT2D eigenvalue weighted by Crippen LogP contribution is 2.31. The summed E-state index contributed by atoms with van der Waals surface area (Å²) in [7, 11) is 3.89. The fourth-order valence-corrected chi connectivity index (χ4v) is 3.63. The molecule has 0 fully saturated rings. The van der Waals surface area contributed by atoms with Crippen molar-refractivity contribution in [1.82, 2.24) is 4.98 Å². The largest absolute Gasteiger partial charge is 0.457 e. The van der Waals surface area contributed by atoms with E-state index in [1.165, 1.54) is 11.3 Å². The molecule has 1 amide bonds. The van der Waals surface area contributed by atoms with E-state index in [1.807, 2.05) is 85.7 Å². The van der Waals surface area contributed by atoms with Gasteiger partial charge in [-0.1, -0.05) is 35.6 Å². The van der Waals surface area contributed by atoms with Gasteiger partial charge in [-0.15, -0.1) is 0 Å². The Morgan fingerprint density at radius 1 is 0.964 bits per heavy atom. The molecule has 140 valence electrons. The minimum absolute atomic E-state index is 0.177. The lowest BCUT2D eigenvalue weighted by Gasteiger charge is -2.13. The summed E-state index contributed by atoms with van der Waals surface area (Å²) in [4.78, 5) is 19.1. The number of carbonyl (C=O) groups excluding carboxylic acids is 1. The number of hydrogen-bond acceptors (Lipinski definition) is 5. The van der Waals surface area contributed by atoms with E-state index >= 15 is 0 Å². The van der Waals surface area contributed by atoms with Crippen molar-refractivity contribution in [3.05, 3.63) is 78.4 Å². The number of aromatic nitrogens is 1. The number of rotatable bonds is 5. The zero-order chi connectivity index (χ0) is 19.5. The van der Waals surface area contributed by atoms with Gasteiger partial charge in [0.25, 0.3) is 5.91 Å². The van der Waals surface area contributed by atoms with E-state index in [0.29, 0.717) is 10.7 Å². The van der Waals surface area contributed by atoms with Gasteiger partial charge in [-0.3, -0.25) is 10.1 Å². The topological polar surface area (TPSA) is 54.5 Å². The molecule has 3 aromatic carbocycles. The maximum Gasteiger partial charge on any atom is 0.257 e. The Bertz CT molecular complexity index is 1120. The molecule has 0 saturated heterocycles. The Morgan fingerprint density at radius 3 is 2.57 bits per heavy atom. The lowest BCUT2D eigenvalue weighted by molar-refractivity contribution is 0.102. The molecule has 1 heterocycles. The van der Waals surface area contributed by atoms with E-state index in [-0.39, 0.29) is 5.91 Å². The van der Waals surface area contributed by atoms with Gasteiger partial charge in [0, 0.05) is 31.4 Å². The summed E-state index contributed by atoms with van der Waals surface area (Å²) >= 11 is 1.42. The first kappa shape index (κ1) is 18.0. The van der Waals surface area contributed by atoms with Gasteiger partial charge in [-0.25, -0.2) is 4.98 Å². The minimum Gasteiger partial charge on any atom is -0.457 e. The van der Waals surface area contributed by atoms with Gasteiger partial charge in [0.2, 0.25) is 0 Å².